The summed E-state index contributed by atoms with van der Waals surface area (Å²) >= 11 is 0. The second-order valence-electron chi connectivity index (χ2n) is 3.81. The summed E-state index contributed by atoms with van der Waals surface area (Å²) < 4.78 is 18.4. The molecule has 1 atom stereocenters. The van der Waals surface area contributed by atoms with Gasteiger partial charge in [0.15, 0.2) is 5.60 Å². The second-order valence-corrected chi connectivity index (χ2v) is 3.81. The summed E-state index contributed by atoms with van der Waals surface area (Å²) in [5.41, 5.74) is 0.538. The largest absolute Gasteiger partial charge is 0.394 e. The summed E-state index contributed by atoms with van der Waals surface area (Å²) in [6.45, 7) is -0.00959. The zero-order valence-electron chi connectivity index (χ0n) is 8.74. The molecule has 0 saturated carbocycles. The predicted octanol–water partition coefficient (Wildman–Crippen LogP) is 1.50. The van der Waals surface area contributed by atoms with Gasteiger partial charge in [-0.05, 0) is 30.5 Å². The molecule has 1 aliphatic carbocycles. The lowest BCUT2D eigenvalue weighted by atomic mass is 9.97. The van der Waals surface area contributed by atoms with Gasteiger partial charge < -0.3 is 9.84 Å². The molecule has 1 unspecified atom stereocenters. The number of nitriles is 1. The van der Waals surface area contributed by atoms with Gasteiger partial charge in [-0.1, -0.05) is 6.07 Å². The van der Waals surface area contributed by atoms with Crippen molar-refractivity contribution in [1.82, 2.24) is 0 Å². The van der Waals surface area contributed by atoms with Gasteiger partial charge in [-0.15, -0.1) is 0 Å². The van der Waals surface area contributed by atoms with Gasteiger partial charge in [0.1, 0.15) is 11.9 Å². The average Bonchev–Trinajstić information content (AvgIpc) is 2.65. The first-order valence-corrected chi connectivity index (χ1v) is 5.17. The van der Waals surface area contributed by atoms with E-state index in [4.69, 9.17) is 9.84 Å². The number of nitrogens with zero attached hydrogens (tertiary/aromatic N) is 1. The fourth-order valence-electron chi connectivity index (χ4n) is 2.13. The minimum atomic E-state index is -1.01. The Balaban J connectivity index is 2.36. The van der Waals surface area contributed by atoms with Crippen molar-refractivity contribution < 1.29 is 14.2 Å². The summed E-state index contributed by atoms with van der Waals surface area (Å²) in [4.78, 5) is 0. The van der Waals surface area contributed by atoms with E-state index in [0.717, 1.165) is 11.1 Å². The molecule has 0 saturated heterocycles. The minimum absolute atomic E-state index is 0.115. The van der Waals surface area contributed by atoms with Crippen LogP contribution in [0, 0.1) is 17.1 Å². The minimum Gasteiger partial charge on any atom is -0.394 e. The van der Waals surface area contributed by atoms with Crippen LogP contribution in [0.4, 0.5) is 4.39 Å². The first-order chi connectivity index (χ1) is 7.72. The van der Waals surface area contributed by atoms with E-state index >= 15 is 0 Å². The van der Waals surface area contributed by atoms with Crippen LogP contribution in [0.5, 0.6) is 0 Å². The average molecular weight is 221 g/mol. The molecule has 1 N–H and O–H groups in total. The normalized spacial score (nSPS) is 22.8. The van der Waals surface area contributed by atoms with E-state index in [1.165, 1.54) is 12.1 Å². The molecule has 0 spiro atoms. The fraction of sp³-hybridized carbons (Fsp3) is 0.417. The molecule has 0 aliphatic heterocycles. The van der Waals surface area contributed by atoms with Crippen LogP contribution in [0.25, 0.3) is 0 Å². The first kappa shape index (κ1) is 11.1. The summed E-state index contributed by atoms with van der Waals surface area (Å²) in [6, 6.07) is 6.50. The molecule has 1 aliphatic rings. The van der Waals surface area contributed by atoms with Gasteiger partial charge in [-0.2, -0.15) is 5.26 Å². The zero-order valence-corrected chi connectivity index (χ0v) is 8.74. The molecular formula is C12H12FNO2. The van der Waals surface area contributed by atoms with Crippen molar-refractivity contribution in [3.63, 3.8) is 0 Å². The molecule has 0 bridgehead atoms. The predicted molar refractivity (Wildman–Crippen MR) is 55.0 cm³/mol. The Morgan fingerprint density at radius 1 is 1.56 bits per heavy atom. The number of benzene rings is 1. The summed E-state index contributed by atoms with van der Waals surface area (Å²) in [7, 11) is 0. The van der Waals surface area contributed by atoms with Crippen LogP contribution in [-0.2, 0) is 16.8 Å². The van der Waals surface area contributed by atoms with Crippen molar-refractivity contribution in [1.29, 1.82) is 5.26 Å². The van der Waals surface area contributed by atoms with E-state index in [1.54, 1.807) is 6.07 Å². The topological polar surface area (TPSA) is 53.2 Å². The van der Waals surface area contributed by atoms with Crippen LogP contribution >= 0.6 is 0 Å². The van der Waals surface area contributed by atoms with E-state index in [9.17, 15) is 9.65 Å². The van der Waals surface area contributed by atoms with Gasteiger partial charge in [0.25, 0.3) is 0 Å². The van der Waals surface area contributed by atoms with E-state index in [1.807, 2.05) is 0 Å². The van der Waals surface area contributed by atoms with Crippen molar-refractivity contribution in [2.45, 2.75) is 18.4 Å². The SMILES string of the molecule is N#CC1(OCCO)CCc2cc(F)ccc21. The Morgan fingerprint density at radius 3 is 3.06 bits per heavy atom. The maximum atomic E-state index is 13.0. The quantitative estimate of drug-likeness (QED) is 0.841. The lowest BCUT2D eigenvalue weighted by molar-refractivity contribution is -0.0218. The van der Waals surface area contributed by atoms with E-state index in [2.05, 4.69) is 6.07 Å². The fourth-order valence-corrected chi connectivity index (χ4v) is 2.13. The first-order valence-electron chi connectivity index (χ1n) is 5.17. The lowest BCUT2D eigenvalue weighted by Gasteiger charge is -2.22. The van der Waals surface area contributed by atoms with Crippen LogP contribution in [-0.4, -0.2) is 18.3 Å². The zero-order chi connectivity index (χ0) is 11.6. The van der Waals surface area contributed by atoms with E-state index < -0.39 is 5.60 Å². The summed E-state index contributed by atoms with van der Waals surface area (Å²) in [5, 5.41) is 17.9. The number of aliphatic hydroxyl groups excluding tert-OH is 1. The maximum absolute atomic E-state index is 13.0. The molecule has 0 fully saturated rings. The molecule has 84 valence electrons. The van der Waals surface area contributed by atoms with Crippen LogP contribution in [0.1, 0.15) is 17.5 Å². The van der Waals surface area contributed by atoms with Crippen molar-refractivity contribution in [3.8, 4) is 6.07 Å². The maximum Gasteiger partial charge on any atom is 0.180 e. The number of hydrogen-bond acceptors (Lipinski definition) is 3. The monoisotopic (exact) mass is 221 g/mol. The lowest BCUT2D eigenvalue weighted by Crippen LogP contribution is -2.26. The Bertz CT molecular complexity index is 441. The molecule has 0 aromatic heterocycles. The smallest absolute Gasteiger partial charge is 0.180 e. The highest BCUT2D eigenvalue weighted by Gasteiger charge is 2.40. The standard InChI is InChI=1S/C12H12FNO2/c13-10-1-2-11-9(7-10)3-4-12(11,8-14)16-6-5-15/h1-2,7,15H,3-6H2. The highest BCUT2D eigenvalue weighted by atomic mass is 19.1. The van der Waals surface area contributed by atoms with Gasteiger partial charge >= 0.3 is 0 Å². The Kier molecular flexibility index (Phi) is 2.90. The second kappa shape index (κ2) is 4.20. The van der Waals surface area contributed by atoms with Gasteiger partial charge in [0, 0.05) is 5.56 Å². The van der Waals surface area contributed by atoms with E-state index in [-0.39, 0.29) is 19.0 Å². The third-order valence-electron chi connectivity index (χ3n) is 2.87. The third kappa shape index (κ3) is 1.69. The van der Waals surface area contributed by atoms with Gasteiger partial charge in [-0.3, -0.25) is 0 Å². The summed E-state index contributed by atoms with van der Waals surface area (Å²) in [5.74, 6) is -0.297. The van der Waals surface area contributed by atoms with Crippen molar-refractivity contribution >= 4 is 0 Å². The molecule has 1 aromatic rings. The molecule has 0 radical (unpaired) electrons. The summed E-state index contributed by atoms with van der Waals surface area (Å²) in [6.07, 6.45) is 1.15. The molecule has 3 nitrogen and oxygen atoms in total. The number of aryl methyl sites for hydroxylation is 1. The van der Waals surface area contributed by atoms with Crippen LogP contribution in [0.2, 0.25) is 0 Å². The molecule has 4 heteroatoms. The Morgan fingerprint density at radius 2 is 2.38 bits per heavy atom. The van der Waals surface area contributed by atoms with Gasteiger partial charge in [0.05, 0.1) is 13.2 Å². The molecule has 0 heterocycles. The van der Waals surface area contributed by atoms with Gasteiger partial charge in [-0.25, -0.2) is 4.39 Å². The number of fused-ring (bicyclic) bond motifs is 1. The molecular weight excluding hydrogens is 209 g/mol. The van der Waals surface area contributed by atoms with Crippen molar-refractivity contribution in [2.75, 3.05) is 13.2 Å². The number of aliphatic hydroxyl groups is 1. The van der Waals surface area contributed by atoms with Gasteiger partial charge in [0.2, 0.25) is 0 Å². The number of halogens is 1. The molecule has 1 aromatic carbocycles. The van der Waals surface area contributed by atoms with Crippen molar-refractivity contribution in [2.24, 2.45) is 0 Å². The third-order valence-corrected chi connectivity index (χ3v) is 2.87. The molecule has 0 amide bonds. The van der Waals surface area contributed by atoms with Crippen molar-refractivity contribution in [3.05, 3.63) is 35.1 Å². The highest BCUT2D eigenvalue weighted by molar-refractivity contribution is 5.42. The Hall–Kier alpha value is -1.44. The number of ether oxygens (including phenoxy) is 1. The molecule has 16 heavy (non-hydrogen) atoms. The Labute approximate surface area is 93.1 Å². The van der Waals surface area contributed by atoms with Crippen LogP contribution < -0.4 is 0 Å². The van der Waals surface area contributed by atoms with Crippen LogP contribution in [0.15, 0.2) is 18.2 Å². The number of hydrogen-bond donors (Lipinski definition) is 1. The van der Waals surface area contributed by atoms with E-state index in [0.29, 0.717) is 12.8 Å². The highest BCUT2D eigenvalue weighted by Crippen LogP contribution is 2.39. The molecule has 2 rings (SSSR count). The number of rotatable bonds is 3. The van der Waals surface area contributed by atoms with Crippen LogP contribution in [0.3, 0.4) is 0 Å².